The second kappa shape index (κ2) is 10.7. The zero-order chi connectivity index (χ0) is 23.3. The van der Waals surface area contributed by atoms with Crippen LogP contribution in [0.1, 0.15) is 24.1 Å². The third kappa shape index (κ3) is 6.24. The number of hydrogen-bond donors (Lipinski definition) is 1. The van der Waals surface area contributed by atoms with Crippen LogP contribution in [0.25, 0.3) is 0 Å². The molecule has 0 spiro atoms. The number of rotatable bonds is 8. The molecule has 1 N–H and O–H groups in total. The van der Waals surface area contributed by atoms with Crippen LogP contribution in [0.15, 0.2) is 77.7 Å². The van der Waals surface area contributed by atoms with Gasteiger partial charge in [0.05, 0.1) is 17.5 Å². The predicted octanol–water partition coefficient (Wildman–Crippen LogP) is 5.72. The highest BCUT2D eigenvalue weighted by molar-refractivity contribution is 7.89. The summed E-state index contributed by atoms with van der Waals surface area (Å²) < 4.78 is 27.7. The van der Waals surface area contributed by atoms with Gasteiger partial charge in [-0.25, -0.2) is 8.42 Å². The summed E-state index contributed by atoms with van der Waals surface area (Å²) in [5.74, 6) is -0.447. The number of sulfonamides is 1. The van der Waals surface area contributed by atoms with Crippen molar-refractivity contribution in [2.24, 2.45) is 0 Å². The minimum Gasteiger partial charge on any atom is -0.348 e. The molecule has 168 valence electrons. The fourth-order valence-electron chi connectivity index (χ4n) is 3.09. The Labute approximate surface area is 203 Å². The Morgan fingerprint density at radius 2 is 1.56 bits per heavy atom. The molecule has 0 radical (unpaired) electrons. The van der Waals surface area contributed by atoms with Crippen LogP contribution in [0.4, 0.5) is 0 Å². The summed E-state index contributed by atoms with van der Waals surface area (Å²) in [5.41, 5.74) is 1.38. The molecule has 0 aromatic heterocycles. The number of nitrogens with zero attached hydrogens (tertiary/aromatic N) is 1. The van der Waals surface area contributed by atoms with Crippen molar-refractivity contribution in [3.8, 4) is 0 Å². The molecule has 32 heavy (non-hydrogen) atoms. The number of nitrogens with one attached hydrogen (secondary N) is 1. The Balaban J connectivity index is 1.84. The second-order valence-electron chi connectivity index (χ2n) is 7.16. The summed E-state index contributed by atoms with van der Waals surface area (Å²) in [5, 5.41) is 4.18. The van der Waals surface area contributed by atoms with Crippen molar-refractivity contribution in [2.45, 2.75) is 24.4 Å². The van der Waals surface area contributed by atoms with Gasteiger partial charge in [-0.2, -0.15) is 4.31 Å². The Kier molecular flexibility index (Phi) is 8.20. The van der Waals surface area contributed by atoms with E-state index in [0.29, 0.717) is 20.6 Å². The van der Waals surface area contributed by atoms with E-state index in [1.54, 1.807) is 54.6 Å². The van der Waals surface area contributed by atoms with Gasteiger partial charge in [-0.15, -0.1) is 0 Å². The van der Waals surface area contributed by atoms with Gasteiger partial charge in [0.25, 0.3) is 0 Å². The largest absolute Gasteiger partial charge is 0.348 e. The van der Waals surface area contributed by atoms with E-state index in [0.717, 1.165) is 9.87 Å². The van der Waals surface area contributed by atoms with Crippen LogP contribution in [0.2, 0.25) is 15.1 Å². The van der Waals surface area contributed by atoms with Crippen LogP contribution in [0.5, 0.6) is 0 Å². The quantitative estimate of drug-likeness (QED) is 0.421. The average Bonchev–Trinajstić information content (AvgIpc) is 2.76. The number of amides is 1. The molecule has 0 aliphatic heterocycles. The maximum Gasteiger partial charge on any atom is 0.243 e. The van der Waals surface area contributed by atoms with Crippen molar-refractivity contribution in [3.05, 3.63) is 99.0 Å². The molecule has 0 fully saturated rings. The first-order valence-electron chi connectivity index (χ1n) is 9.71. The van der Waals surface area contributed by atoms with Gasteiger partial charge < -0.3 is 5.32 Å². The van der Waals surface area contributed by atoms with Crippen molar-refractivity contribution >= 4 is 50.7 Å². The SMILES string of the molecule is C[C@@H](NC(=O)CN(Cc1ccc(Cl)cc1Cl)S(=O)(=O)c1ccccc1)c1ccc(Cl)cc1. The molecule has 3 aromatic rings. The van der Waals surface area contributed by atoms with Crippen LogP contribution in [-0.2, 0) is 21.4 Å². The lowest BCUT2D eigenvalue weighted by Crippen LogP contribution is -2.41. The zero-order valence-corrected chi connectivity index (χ0v) is 20.2. The van der Waals surface area contributed by atoms with E-state index in [1.165, 1.54) is 18.2 Å². The zero-order valence-electron chi connectivity index (χ0n) is 17.1. The van der Waals surface area contributed by atoms with Gasteiger partial charge in [0.1, 0.15) is 0 Å². The lowest BCUT2D eigenvalue weighted by molar-refractivity contribution is -0.122. The van der Waals surface area contributed by atoms with E-state index in [2.05, 4.69) is 5.32 Å². The Morgan fingerprint density at radius 3 is 2.19 bits per heavy atom. The normalized spacial score (nSPS) is 12.5. The minimum absolute atomic E-state index is 0.0867. The molecule has 3 rings (SSSR count). The molecule has 1 amide bonds. The molecule has 0 saturated heterocycles. The summed E-state index contributed by atoms with van der Waals surface area (Å²) >= 11 is 18.1. The number of carbonyl (C=O) groups is 1. The summed E-state index contributed by atoms with van der Waals surface area (Å²) in [6.45, 7) is 1.34. The summed E-state index contributed by atoms with van der Waals surface area (Å²) in [6.07, 6.45) is 0. The Bertz CT molecular complexity index is 1190. The molecule has 0 heterocycles. The molecular weight excluding hydrogens is 491 g/mol. The highest BCUT2D eigenvalue weighted by Crippen LogP contribution is 2.25. The van der Waals surface area contributed by atoms with E-state index in [1.807, 2.05) is 6.92 Å². The van der Waals surface area contributed by atoms with E-state index in [-0.39, 0.29) is 24.0 Å². The third-order valence-electron chi connectivity index (χ3n) is 4.81. The first-order valence-corrected chi connectivity index (χ1v) is 12.3. The van der Waals surface area contributed by atoms with Crippen LogP contribution in [0, 0.1) is 0 Å². The molecule has 5 nitrogen and oxygen atoms in total. The number of benzene rings is 3. The molecule has 0 saturated carbocycles. The van der Waals surface area contributed by atoms with Gasteiger partial charge in [0.2, 0.25) is 15.9 Å². The molecule has 0 aliphatic rings. The summed E-state index contributed by atoms with van der Waals surface area (Å²) in [7, 11) is -3.96. The molecule has 9 heteroatoms. The smallest absolute Gasteiger partial charge is 0.243 e. The molecule has 0 bridgehead atoms. The molecule has 3 aromatic carbocycles. The molecular formula is C23H21Cl3N2O3S. The van der Waals surface area contributed by atoms with Crippen LogP contribution in [-0.4, -0.2) is 25.2 Å². The monoisotopic (exact) mass is 510 g/mol. The molecule has 1 atom stereocenters. The highest BCUT2D eigenvalue weighted by atomic mass is 35.5. The van der Waals surface area contributed by atoms with Gasteiger partial charge in [0, 0.05) is 21.6 Å². The first kappa shape index (κ1) is 24.6. The summed E-state index contributed by atoms with van der Waals surface area (Å²) in [6, 6.07) is 19.5. The Morgan fingerprint density at radius 1 is 0.938 bits per heavy atom. The van der Waals surface area contributed by atoms with E-state index >= 15 is 0 Å². The van der Waals surface area contributed by atoms with Crippen LogP contribution < -0.4 is 5.32 Å². The minimum atomic E-state index is -3.96. The second-order valence-corrected chi connectivity index (χ2v) is 10.4. The molecule has 0 aliphatic carbocycles. The van der Waals surface area contributed by atoms with E-state index < -0.39 is 15.9 Å². The van der Waals surface area contributed by atoms with Crippen molar-refractivity contribution in [3.63, 3.8) is 0 Å². The standard InChI is InChI=1S/C23H21Cl3N2O3S/c1-16(17-7-10-19(24)11-8-17)27-23(29)15-28(14-18-9-12-20(25)13-22(18)26)32(30,31)21-5-3-2-4-6-21/h2-13,16H,14-15H2,1H3,(H,27,29)/t16-/m1/s1. The van der Waals surface area contributed by atoms with E-state index in [9.17, 15) is 13.2 Å². The first-order chi connectivity index (χ1) is 15.2. The summed E-state index contributed by atoms with van der Waals surface area (Å²) in [4.78, 5) is 12.9. The highest BCUT2D eigenvalue weighted by Gasteiger charge is 2.28. The van der Waals surface area contributed by atoms with Crippen LogP contribution >= 0.6 is 34.8 Å². The van der Waals surface area contributed by atoms with Crippen molar-refractivity contribution in [1.82, 2.24) is 9.62 Å². The maximum absolute atomic E-state index is 13.3. The van der Waals surface area contributed by atoms with E-state index in [4.69, 9.17) is 34.8 Å². The van der Waals surface area contributed by atoms with Gasteiger partial charge in [0.15, 0.2) is 0 Å². The lowest BCUT2D eigenvalue weighted by Gasteiger charge is -2.24. The predicted molar refractivity (Wildman–Crippen MR) is 129 cm³/mol. The maximum atomic E-state index is 13.3. The number of hydrogen-bond acceptors (Lipinski definition) is 3. The van der Waals surface area contributed by atoms with Gasteiger partial charge in [-0.05, 0) is 54.4 Å². The van der Waals surface area contributed by atoms with Crippen molar-refractivity contribution in [2.75, 3.05) is 6.54 Å². The van der Waals surface area contributed by atoms with Crippen molar-refractivity contribution in [1.29, 1.82) is 0 Å². The van der Waals surface area contributed by atoms with Gasteiger partial charge >= 0.3 is 0 Å². The lowest BCUT2D eigenvalue weighted by atomic mass is 10.1. The number of halogens is 3. The Hall–Kier alpha value is -2.09. The van der Waals surface area contributed by atoms with Gasteiger partial charge in [-0.1, -0.05) is 71.2 Å². The fourth-order valence-corrected chi connectivity index (χ4v) is 5.08. The topological polar surface area (TPSA) is 66.5 Å². The van der Waals surface area contributed by atoms with Crippen LogP contribution in [0.3, 0.4) is 0 Å². The molecule has 0 unspecified atom stereocenters. The number of carbonyl (C=O) groups excluding carboxylic acids is 1. The van der Waals surface area contributed by atoms with Gasteiger partial charge in [-0.3, -0.25) is 4.79 Å². The fraction of sp³-hybridized carbons (Fsp3) is 0.174. The van der Waals surface area contributed by atoms with Crippen molar-refractivity contribution < 1.29 is 13.2 Å². The average molecular weight is 512 g/mol. The third-order valence-corrected chi connectivity index (χ3v) is 7.46.